The number of aliphatic hydroxyl groups is 1. The van der Waals surface area contributed by atoms with Gasteiger partial charge in [0.05, 0.1) is 5.60 Å². The lowest BCUT2D eigenvalue weighted by Gasteiger charge is -2.41. The summed E-state index contributed by atoms with van der Waals surface area (Å²) in [6.07, 6.45) is 5.27. The van der Waals surface area contributed by atoms with E-state index in [1.165, 1.54) is 5.56 Å². The standard InChI is InChI=1S/C25H33ClN2O2/c1-2-18-8-5-9-19(16-18)24-21(11-6-12-22(24)26)25(30,14-4-3-13-23(27)29)20-10-7-15-28-17-20/h5-6,8-9,11-12,16,20,28,30H,2-4,7,10,13-15,17H2,1H3,(H2,27,29)/t20-,25+/m1/s1. The van der Waals surface area contributed by atoms with Gasteiger partial charge in [-0.25, -0.2) is 0 Å². The lowest BCUT2D eigenvalue weighted by Crippen LogP contribution is -2.44. The Morgan fingerprint density at radius 1 is 1.27 bits per heavy atom. The molecule has 0 bridgehead atoms. The summed E-state index contributed by atoms with van der Waals surface area (Å²) >= 11 is 6.72. The van der Waals surface area contributed by atoms with E-state index in [9.17, 15) is 9.90 Å². The van der Waals surface area contributed by atoms with E-state index < -0.39 is 5.60 Å². The average molecular weight is 429 g/mol. The quantitative estimate of drug-likeness (QED) is 0.502. The van der Waals surface area contributed by atoms with E-state index in [0.717, 1.165) is 55.5 Å². The topological polar surface area (TPSA) is 75.3 Å². The second kappa shape index (κ2) is 10.4. The molecule has 4 N–H and O–H groups in total. The summed E-state index contributed by atoms with van der Waals surface area (Å²) in [5.74, 6) is -0.205. The minimum absolute atomic E-state index is 0.0893. The van der Waals surface area contributed by atoms with Gasteiger partial charge >= 0.3 is 0 Å². The number of amides is 1. The maximum atomic E-state index is 12.2. The van der Waals surface area contributed by atoms with Crippen LogP contribution in [0.3, 0.4) is 0 Å². The normalized spacial score (nSPS) is 18.7. The smallest absolute Gasteiger partial charge is 0.217 e. The molecule has 162 valence electrons. The molecule has 4 nitrogen and oxygen atoms in total. The molecule has 1 saturated heterocycles. The maximum absolute atomic E-state index is 12.2. The Kier molecular flexibility index (Phi) is 7.93. The maximum Gasteiger partial charge on any atom is 0.217 e. The zero-order valence-corrected chi connectivity index (χ0v) is 18.5. The second-order valence-corrected chi connectivity index (χ2v) is 8.76. The van der Waals surface area contributed by atoms with E-state index in [2.05, 4.69) is 36.5 Å². The first-order valence-corrected chi connectivity index (χ1v) is 11.4. The fourth-order valence-electron chi connectivity index (χ4n) is 4.64. The van der Waals surface area contributed by atoms with Crippen molar-refractivity contribution in [2.45, 2.75) is 57.5 Å². The van der Waals surface area contributed by atoms with Gasteiger partial charge in [0, 0.05) is 29.5 Å². The Balaban J connectivity index is 2.04. The number of rotatable bonds is 9. The van der Waals surface area contributed by atoms with Gasteiger partial charge in [0.25, 0.3) is 0 Å². The van der Waals surface area contributed by atoms with Gasteiger partial charge in [-0.2, -0.15) is 0 Å². The van der Waals surface area contributed by atoms with E-state index in [4.69, 9.17) is 17.3 Å². The molecule has 2 atom stereocenters. The van der Waals surface area contributed by atoms with Gasteiger partial charge in [0.1, 0.15) is 0 Å². The molecule has 0 radical (unpaired) electrons. The summed E-state index contributed by atoms with van der Waals surface area (Å²) in [5, 5.41) is 16.2. The predicted octanol–water partition coefficient (Wildman–Crippen LogP) is 4.80. The molecule has 2 aromatic rings. The lowest BCUT2D eigenvalue weighted by atomic mass is 9.72. The molecule has 0 spiro atoms. The van der Waals surface area contributed by atoms with Crippen molar-refractivity contribution in [2.75, 3.05) is 13.1 Å². The molecule has 3 rings (SSSR count). The summed E-state index contributed by atoms with van der Waals surface area (Å²) in [6.45, 7) is 3.89. The SMILES string of the molecule is CCc1cccc(-c2c(Cl)cccc2[C@](O)(CCCCC(N)=O)[C@@H]2CCCNC2)c1. The molecule has 1 aliphatic heterocycles. The van der Waals surface area contributed by atoms with Gasteiger partial charge in [-0.3, -0.25) is 4.79 Å². The van der Waals surface area contributed by atoms with Crippen LogP contribution in [-0.4, -0.2) is 24.1 Å². The molecule has 1 fully saturated rings. The van der Waals surface area contributed by atoms with Crippen molar-refractivity contribution in [3.05, 3.63) is 58.6 Å². The van der Waals surface area contributed by atoms with Gasteiger partial charge in [0.15, 0.2) is 0 Å². The second-order valence-electron chi connectivity index (χ2n) is 8.36. The zero-order valence-electron chi connectivity index (χ0n) is 17.8. The minimum Gasteiger partial charge on any atom is -0.385 e. The Morgan fingerprint density at radius 3 is 2.77 bits per heavy atom. The number of unbranched alkanes of at least 4 members (excludes halogenated alkanes) is 1. The van der Waals surface area contributed by atoms with Crippen LogP contribution in [0.25, 0.3) is 11.1 Å². The molecule has 0 aliphatic carbocycles. The number of nitrogens with two attached hydrogens (primary N) is 1. The first-order valence-electron chi connectivity index (χ1n) is 11.1. The number of nitrogens with one attached hydrogen (secondary N) is 1. The summed E-state index contributed by atoms with van der Waals surface area (Å²) in [6, 6.07) is 14.2. The van der Waals surface area contributed by atoms with Crippen LogP contribution in [0.15, 0.2) is 42.5 Å². The molecule has 30 heavy (non-hydrogen) atoms. The van der Waals surface area contributed by atoms with Gasteiger partial charge in [-0.15, -0.1) is 0 Å². The van der Waals surface area contributed by atoms with Crippen LogP contribution in [0.1, 0.15) is 56.6 Å². The highest BCUT2D eigenvalue weighted by atomic mass is 35.5. The third-order valence-electron chi connectivity index (χ3n) is 6.31. The zero-order chi connectivity index (χ0) is 21.6. The fraction of sp³-hybridized carbons (Fsp3) is 0.480. The molecule has 0 aromatic heterocycles. The summed E-state index contributed by atoms with van der Waals surface area (Å²) in [4.78, 5) is 11.2. The molecule has 2 aromatic carbocycles. The van der Waals surface area contributed by atoms with Crippen molar-refractivity contribution in [2.24, 2.45) is 11.7 Å². The van der Waals surface area contributed by atoms with Crippen LogP contribution in [0, 0.1) is 5.92 Å². The van der Waals surface area contributed by atoms with Crippen LogP contribution in [-0.2, 0) is 16.8 Å². The third kappa shape index (κ3) is 5.23. The number of carbonyl (C=O) groups is 1. The predicted molar refractivity (Wildman–Crippen MR) is 123 cm³/mol. The van der Waals surface area contributed by atoms with Crippen LogP contribution >= 0.6 is 11.6 Å². The number of carbonyl (C=O) groups excluding carboxylic acids is 1. The Bertz CT molecular complexity index is 864. The number of aryl methyl sites for hydroxylation is 1. The lowest BCUT2D eigenvalue weighted by molar-refractivity contribution is -0.118. The molecule has 5 heteroatoms. The molecule has 1 heterocycles. The van der Waals surface area contributed by atoms with Crippen LogP contribution in [0.2, 0.25) is 5.02 Å². The summed E-state index contributed by atoms with van der Waals surface area (Å²) < 4.78 is 0. The van der Waals surface area contributed by atoms with Gasteiger partial charge in [-0.05, 0) is 67.8 Å². The van der Waals surface area contributed by atoms with Crippen molar-refractivity contribution >= 4 is 17.5 Å². The number of benzene rings is 2. The minimum atomic E-state index is -1.02. The Labute approximate surface area is 184 Å². The summed E-state index contributed by atoms with van der Waals surface area (Å²) in [7, 11) is 0. The van der Waals surface area contributed by atoms with Crippen LogP contribution in [0.5, 0.6) is 0 Å². The first-order chi connectivity index (χ1) is 14.5. The molecule has 0 unspecified atom stereocenters. The van der Waals surface area contributed by atoms with Crippen molar-refractivity contribution in [1.29, 1.82) is 0 Å². The third-order valence-corrected chi connectivity index (χ3v) is 6.62. The summed E-state index contributed by atoms with van der Waals surface area (Å²) in [5.41, 5.74) is 8.37. The number of hydrogen-bond acceptors (Lipinski definition) is 3. The fourth-order valence-corrected chi connectivity index (χ4v) is 4.92. The van der Waals surface area contributed by atoms with E-state index in [1.54, 1.807) is 0 Å². The number of primary amides is 1. The van der Waals surface area contributed by atoms with Crippen molar-refractivity contribution in [3.63, 3.8) is 0 Å². The number of halogens is 1. The van der Waals surface area contributed by atoms with E-state index in [0.29, 0.717) is 24.3 Å². The molecule has 0 saturated carbocycles. The van der Waals surface area contributed by atoms with Crippen molar-refractivity contribution < 1.29 is 9.90 Å². The van der Waals surface area contributed by atoms with E-state index in [-0.39, 0.29) is 11.8 Å². The highest BCUT2D eigenvalue weighted by Gasteiger charge is 2.40. The van der Waals surface area contributed by atoms with E-state index in [1.807, 2.05) is 18.2 Å². The first kappa shape index (κ1) is 22.8. The Morgan fingerprint density at radius 2 is 2.07 bits per heavy atom. The molecular weight excluding hydrogens is 396 g/mol. The molecular formula is C25H33ClN2O2. The largest absolute Gasteiger partial charge is 0.385 e. The van der Waals surface area contributed by atoms with Crippen LogP contribution in [0.4, 0.5) is 0 Å². The number of piperidine rings is 1. The van der Waals surface area contributed by atoms with Gasteiger partial charge in [0.2, 0.25) is 5.91 Å². The van der Waals surface area contributed by atoms with Crippen molar-refractivity contribution in [1.82, 2.24) is 5.32 Å². The number of hydrogen-bond donors (Lipinski definition) is 3. The monoisotopic (exact) mass is 428 g/mol. The van der Waals surface area contributed by atoms with E-state index >= 15 is 0 Å². The van der Waals surface area contributed by atoms with Gasteiger partial charge in [-0.1, -0.05) is 54.9 Å². The highest BCUT2D eigenvalue weighted by Crippen LogP contribution is 2.45. The Hall–Kier alpha value is -1.88. The van der Waals surface area contributed by atoms with Gasteiger partial charge < -0.3 is 16.2 Å². The molecule has 1 aliphatic rings. The average Bonchev–Trinajstić information content (AvgIpc) is 2.77. The highest BCUT2D eigenvalue weighted by molar-refractivity contribution is 6.33. The molecule has 1 amide bonds. The van der Waals surface area contributed by atoms with Crippen molar-refractivity contribution in [3.8, 4) is 11.1 Å². The van der Waals surface area contributed by atoms with Crippen LogP contribution < -0.4 is 11.1 Å².